The quantitative estimate of drug-likeness (QED) is 0.281. The minimum atomic E-state index is -2.55. The zero-order valence-electron chi connectivity index (χ0n) is 18.7. The van der Waals surface area contributed by atoms with Crippen molar-refractivity contribution in [2.24, 2.45) is 0 Å². The van der Waals surface area contributed by atoms with Crippen LogP contribution in [0.25, 0.3) is 27.8 Å². The van der Waals surface area contributed by atoms with E-state index in [0.29, 0.717) is 28.4 Å². The highest BCUT2D eigenvalue weighted by Crippen LogP contribution is 2.34. The molecule has 0 bridgehead atoms. The number of hydrogen-bond acceptors (Lipinski definition) is 4. The number of rotatable bonds is 6. The minimum Gasteiger partial charge on any atom is -0.329 e. The summed E-state index contributed by atoms with van der Waals surface area (Å²) in [5, 5.41) is 9.01. The van der Waals surface area contributed by atoms with Gasteiger partial charge >= 0.3 is 0 Å². The zero-order chi connectivity index (χ0) is 23.8. The molecule has 0 N–H and O–H groups in total. The molecule has 0 saturated carbocycles. The number of aryl methyl sites for hydroxylation is 1. The lowest BCUT2D eigenvalue weighted by atomic mass is 10.0. The third-order valence-electron chi connectivity index (χ3n) is 5.92. The SMILES string of the molecule is CCCc1ccc2c(N(C)c3cc(F)cc(-c4ccc(C(F)F)cc4)c3)nc3nncn3c2c1. The van der Waals surface area contributed by atoms with Crippen LogP contribution in [0.3, 0.4) is 0 Å². The van der Waals surface area contributed by atoms with Crippen molar-refractivity contribution in [3.8, 4) is 11.1 Å². The van der Waals surface area contributed by atoms with Crippen molar-refractivity contribution in [2.45, 2.75) is 26.2 Å². The second kappa shape index (κ2) is 8.78. The third kappa shape index (κ3) is 3.96. The van der Waals surface area contributed by atoms with Crippen LogP contribution >= 0.6 is 0 Å². The average Bonchev–Trinajstić information content (AvgIpc) is 3.32. The maximum absolute atomic E-state index is 14.7. The first-order valence-electron chi connectivity index (χ1n) is 11.0. The molecule has 172 valence electrons. The molecule has 0 aliphatic carbocycles. The molecular formula is C26H22F3N5. The molecule has 2 heterocycles. The van der Waals surface area contributed by atoms with Gasteiger partial charge in [-0.15, -0.1) is 10.2 Å². The largest absolute Gasteiger partial charge is 0.329 e. The van der Waals surface area contributed by atoms with Gasteiger partial charge in [0.2, 0.25) is 0 Å². The molecule has 5 nitrogen and oxygen atoms in total. The summed E-state index contributed by atoms with van der Waals surface area (Å²) in [7, 11) is 1.81. The van der Waals surface area contributed by atoms with E-state index in [2.05, 4.69) is 34.2 Å². The van der Waals surface area contributed by atoms with Gasteiger partial charge in [-0.3, -0.25) is 4.40 Å². The zero-order valence-corrected chi connectivity index (χ0v) is 18.7. The van der Waals surface area contributed by atoms with Gasteiger partial charge in [-0.1, -0.05) is 43.7 Å². The molecule has 0 spiro atoms. The monoisotopic (exact) mass is 461 g/mol. The predicted molar refractivity (Wildman–Crippen MR) is 127 cm³/mol. The van der Waals surface area contributed by atoms with Gasteiger partial charge in [-0.05, 0) is 53.4 Å². The standard InChI is InChI=1S/C26H22F3N5/c1-3-4-16-5-10-22-23(11-16)34-15-30-32-26(34)31-25(22)33(2)21-13-19(12-20(27)14-21)17-6-8-18(9-7-17)24(28)29/h5-15,24H,3-4H2,1-2H3. The maximum atomic E-state index is 14.7. The lowest BCUT2D eigenvalue weighted by Crippen LogP contribution is -2.13. The molecule has 2 aromatic heterocycles. The predicted octanol–water partition coefficient (Wildman–Crippen LogP) is 6.74. The molecule has 5 rings (SSSR count). The van der Waals surface area contributed by atoms with Gasteiger partial charge in [0.25, 0.3) is 12.2 Å². The molecule has 3 aromatic carbocycles. The Morgan fingerprint density at radius 2 is 1.76 bits per heavy atom. The molecule has 0 atom stereocenters. The van der Waals surface area contributed by atoms with Gasteiger partial charge in [-0.2, -0.15) is 4.98 Å². The number of hydrogen-bond donors (Lipinski definition) is 0. The summed E-state index contributed by atoms with van der Waals surface area (Å²) in [5.41, 5.74) is 3.85. The van der Waals surface area contributed by atoms with E-state index >= 15 is 0 Å². The van der Waals surface area contributed by atoms with Crippen LogP contribution in [0.1, 0.15) is 30.9 Å². The Hall–Kier alpha value is -3.94. The van der Waals surface area contributed by atoms with E-state index in [1.54, 1.807) is 23.4 Å². The summed E-state index contributed by atoms with van der Waals surface area (Å²) in [4.78, 5) is 6.49. The Morgan fingerprint density at radius 3 is 2.50 bits per heavy atom. The van der Waals surface area contributed by atoms with Crippen molar-refractivity contribution in [1.82, 2.24) is 19.6 Å². The molecule has 0 amide bonds. The first-order chi connectivity index (χ1) is 16.4. The Morgan fingerprint density at radius 1 is 0.971 bits per heavy atom. The van der Waals surface area contributed by atoms with Crippen LogP contribution in [0.4, 0.5) is 24.7 Å². The van der Waals surface area contributed by atoms with Crippen molar-refractivity contribution in [1.29, 1.82) is 0 Å². The normalized spacial score (nSPS) is 11.6. The maximum Gasteiger partial charge on any atom is 0.263 e. The van der Waals surface area contributed by atoms with Gasteiger partial charge in [0.05, 0.1) is 5.52 Å². The highest BCUT2D eigenvalue weighted by Gasteiger charge is 2.17. The average molecular weight is 461 g/mol. The molecule has 0 aliphatic heterocycles. The van der Waals surface area contributed by atoms with Gasteiger partial charge < -0.3 is 4.90 Å². The molecule has 0 aliphatic rings. The molecular weight excluding hydrogens is 439 g/mol. The van der Waals surface area contributed by atoms with Crippen LogP contribution in [-0.2, 0) is 6.42 Å². The number of benzene rings is 3. The van der Waals surface area contributed by atoms with E-state index in [1.165, 1.54) is 29.8 Å². The third-order valence-corrected chi connectivity index (χ3v) is 5.92. The van der Waals surface area contributed by atoms with E-state index in [-0.39, 0.29) is 5.56 Å². The number of nitrogens with zero attached hydrogens (tertiary/aromatic N) is 5. The molecule has 0 fully saturated rings. The number of alkyl halides is 2. The molecule has 5 aromatic rings. The molecule has 0 saturated heterocycles. The van der Waals surface area contributed by atoms with Crippen molar-refractivity contribution < 1.29 is 13.2 Å². The van der Waals surface area contributed by atoms with E-state index in [4.69, 9.17) is 0 Å². The highest BCUT2D eigenvalue weighted by molar-refractivity contribution is 5.94. The second-order valence-electron chi connectivity index (χ2n) is 8.22. The lowest BCUT2D eigenvalue weighted by Gasteiger charge is -2.22. The summed E-state index contributed by atoms with van der Waals surface area (Å²) in [6.45, 7) is 2.13. The van der Waals surface area contributed by atoms with Crippen LogP contribution in [0.5, 0.6) is 0 Å². The molecule has 0 unspecified atom stereocenters. The Kier molecular flexibility index (Phi) is 5.65. The van der Waals surface area contributed by atoms with Crippen LogP contribution in [0.2, 0.25) is 0 Å². The molecule has 34 heavy (non-hydrogen) atoms. The minimum absolute atomic E-state index is 0.0720. The number of halogens is 3. The van der Waals surface area contributed by atoms with E-state index in [0.717, 1.165) is 23.7 Å². The first-order valence-corrected chi connectivity index (χ1v) is 11.0. The van der Waals surface area contributed by atoms with Gasteiger partial charge in [0, 0.05) is 23.7 Å². The van der Waals surface area contributed by atoms with Crippen LogP contribution in [0, 0.1) is 5.82 Å². The van der Waals surface area contributed by atoms with E-state index in [1.807, 2.05) is 23.6 Å². The van der Waals surface area contributed by atoms with Crippen molar-refractivity contribution >= 4 is 28.2 Å². The van der Waals surface area contributed by atoms with Crippen molar-refractivity contribution in [3.05, 3.63) is 83.9 Å². The van der Waals surface area contributed by atoms with Crippen molar-refractivity contribution in [3.63, 3.8) is 0 Å². The first kappa shape index (κ1) is 21.9. The summed E-state index contributed by atoms with van der Waals surface area (Å²) >= 11 is 0. The highest BCUT2D eigenvalue weighted by atomic mass is 19.3. The fourth-order valence-corrected chi connectivity index (χ4v) is 4.17. The van der Waals surface area contributed by atoms with Crippen molar-refractivity contribution in [2.75, 3.05) is 11.9 Å². The Labute approximate surface area is 194 Å². The molecule has 0 radical (unpaired) electrons. The topological polar surface area (TPSA) is 46.3 Å². The Bertz CT molecular complexity index is 1480. The fourth-order valence-electron chi connectivity index (χ4n) is 4.17. The number of anilines is 2. The summed E-state index contributed by atoms with van der Waals surface area (Å²) in [5.74, 6) is 0.626. The van der Waals surface area contributed by atoms with E-state index < -0.39 is 12.2 Å². The van der Waals surface area contributed by atoms with Gasteiger partial charge in [-0.25, -0.2) is 13.2 Å². The fraction of sp³-hybridized carbons (Fsp3) is 0.192. The smallest absolute Gasteiger partial charge is 0.263 e. The summed E-state index contributed by atoms with van der Waals surface area (Å²) in [6.07, 6.45) is 1.06. The van der Waals surface area contributed by atoms with Crippen LogP contribution in [0.15, 0.2) is 67.0 Å². The van der Waals surface area contributed by atoms with E-state index in [9.17, 15) is 13.2 Å². The lowest BCUT2D eigenvalue weighted by molar-refractivity contribution is 0.151. The molecule has 8 heteroatoms. The summed E-state index contributed by atoms with van der Waals surface area (Å²) in [6, 6.07) is 16.7. The van der Waals surface area contributed by atoms with Gasteiger partial charge in [0.1, 0.15) is 18.0 Å². The van der Waals surface area contributed by atoms with Crippen LogP contribution in [-0.4, -0.2) is 26.6 Å². The second-order valence-corrected chi connectivity index (χ2v) is 8.22. The number of aromatic nitrogens is 4. The van der Waals surface area contributed by atoms with Crippen LogP contribution < -0.4 is 4.90 Å². The van der Waals surface area contributed by atoms with Gasteiger partial charge in [0.15, 0.2) is 0 Å². The number of fused-ring (bicyclic) bond motifs is 3. The summed E-state index contributed by atoms with van der Waals surface area (Å²) < 4.78 is 42.3. The Balaban J connectivity index is 1.61.